The zero-order valence-corrected chi connectivity index (χ0v) is 12.3. The average Bonchev–Trinajstić information content (AvgIpc) is 2.93. The number of aliphatic hydroxyl groups excluding tert-OH is 1. The first-order chi connectivity index (χ1) is 11.1. The molecule has 2 N–H and O–H groups in total. The first-order valence-corrected chi connectivity index (χ1v) is 7.14. The monoisotopic (exact) mass is 321 g/mol. The van der Waals surface area contributed by atoms with Crippen LogP contribution in [0.5, 0.6) is 0 Å². The second kappa shape index (κ2) is 8.40. The molecule has 5 nitrogen and oxygen atoms in total. The maximum absolute atomic E-state index is 12.7. The Labute approximate surface area is 132 Å². The largest absolute Gasteiger partial charge is 0.391 e. The molecule has 0 aliphatic carbocycles. The van der Waals surface area contributed by atoms with Gasteiger partial charge in [0.1, 0.15) is 6.29 Å². The molecule has 3 heterocycles. The standard InChI is InChI=1S/C10H13FN2O.C6H4FNO/c11-10-4-7(1-2-13-10)3-8-5-12-6-9(8)14;7-6-3-5(4-9)1-2-8-6/h1-2,4,8-9,12,14H,3,5-6H2;1-4H. The summed E-state index contributed by atoms with van der Waals surface area (Å²) in [4.78, 5) is 16.7. The molecule has 2 aromatic rings. The highest BCUT2D eigenvalue weighted by atomic mass is 19.1. The molecule has 2 unspecified atom stereocenters. The molecule has 2 aromatic heterocycles. The van der Waals surface area contributed by atoms with E-state index in [1.807, 2.05) is 0 Å². The lowest BCUT2D eigenvalue weighted by molar-refractivity contribution is 0.112. The second-order valence-electron chi connectivity index (χ2n) is 5.21. The van der Waals surface area contributed by atoms with Gasteiger partial charge in [0, 0.05) is 43.0 Å². The minimum absolute atomic E-state index is 0.191. The van der Waals surface area contributed by atoms with E-state index in [0.29, 0.717) is 24.8 Å². The third-order valence-corrected chi connectivity index (χ3v) is 3.48. The van der Waals surface area contributed by atoms with E-state index in [4.69, 9.17) is 0 Å². The number of halogens is 2. The van der Waals surface area contributed by atoms with E-state index in [-0.39, 0.29) is 12.0 Å². The summed E-state index contributed by atoms with van der Waals surface area (Å²) in [6.45, 7) is 1.43. The quantitative estimate of drug-likeness (QED) is 0.660. The fraction of sp³-hybridized carbons (Fsp3) is 0.312. The van der Waals surface area contributed by atoms with Crippen LogP contribution < -0.4 is 5.32 Å². The predicted octanol–water partition coefficient (Wildman–Crippen LogP) is 1.38. The van der Waals surface area contributed by atoms with Crippen LogP contribution in [0, 0.1) is 17.8 Å². The van der Waals surface area contributed by atoms with Gasteiger partial charge in [-0.25, -0.2) is 9.97 Å². The van der Waals surface area contributed by atoms with Crippen molar-refractivity contribution in [3.63, 3.8) is 0 Å². The number of aliphatic hydroxyl groups is 1. The highest BCUT2D eigenvalue weighted by molar-refractivity contribution is 5.74. The highest BCUT2D eigenvalue weighted by Crippen LogP contribution is 2.15. The molecular weight excluding hydrogens is 304 g/mol. The van der Waals surface area contributed by atoms with Gasteiger partial charge in [-0.2, -0.15) is 8.78 Å². The van der Waals surface area contributed by atoms with E-state index >= 15 is 0 Å². The summed E-state index contributed by atoms with van der Waals surface area (Å²) in [5, 5.41) is 12.6. The summed E-state index contributed by atoms with van der Waals surface area (Å²) in [5.74, 6) is -0.889. The lowest BCUT2D eigenvalue weighted by atomic mass is 9.97. The molecule has 2 atom stereocenters. The number of aldehydes is 1. The summed E-state index contributed by atoms with van der Waals surface area (Å²) in [6.07, 6.45) is 3.67. The average molecular weight is 321 g/mol. The number of β-amino-alcohol motifs (C(OH)–C–C–N with tert-alkyl or cyclic N) is 1. The molecule has 0 bridgehead atoms. The molecule has 1 saturated heterocycles. The van der Waals surface area contributed by atoms with Crippen molar-refractivity contribution in [2.75, 3.05) is 13.1 Å². The Morgan fingerprint density at radius 1 is 1.17 bits per heavy atom. The maximum Gasteiger partial charge on any atom is 0.213 e. The van der Waals surface area contributed by atoms with E-state index in [2.05, 4.69) is 15.3 Å². The smallest absolute Gasteiger partial charge is 0.213 e. The number of carbonyl (C=O) groups excluding carboxylic acids is 1. The Balaban J connectivity index is 0.000000185. The van der Waals surface area contributed by atoms with Gasteiger partial charge in [0.15, 0.2) is 0 Å². The third kappa shape index (κ3) is 5.46. The van der Waals surface area contributed by atoms with Crippen molar-refractivity contribution in [1.29, 1.82) is 0 Å². The van der Waals surface area contributed by atoms with Crippen molar-refractivity contribution < 1.29 is 18.7 Å². The van der Waals surface area contributed by atoms with Crippen molar-refractivity contribution in [1.82, 2.24) is 15.3 Å². The van der Waals surface area contributed by atoms with Crippen LogP contribution in [0.15, 0.2) is 36.7 Å². The minimum atomic E-state index is -0.625. The number of hydrogen-bond acceptors (Lipinski definition) is 5. The van der Waals surface area contributed by atoms with Crippen LogP contribution >= 0.6 is 0 Å². The second-order valence-corrected chi connectivity index (χ2v) is 5.21. The highest BCUT2D eigenvalue weighted by Gasteiger charge is 2.24. The van der Waals surface area contributed by atoms with Gasteiger partial charge in [0.2, 0.25) is 11.9 Å². The van der Waals surface area contributed by atoms with E-state index in [0.717, 1.165) is 18.2 Å². The van der Waals surface area contributed by atoms with Crippen LogP contribution in [0.4, 0.5) is 8.78 Å². The molecule has 0 amide bonds. The molecule has 0 spiro atoms. The zero-order valence-electron chi connectivity index (χ0n) is 12.3. The normalized spacial score (nSPS) is 19.8. The van der Waals surface area contributed by atoms with E-state index in [1.54, 1.807) is 6.07 Å². The Bertz CT molecular complexity index is 655. The van der Waals surface area contributed by atoms with Crippen molar-refractivity contribution in [2.24, 2.45) is 5.92 Å². The molecule has 0 saturated carbocycles. The van der Waals surface area contributed by atoms with Crippen LogP contribution in [0.25, 0.3) is 0 Å². The molecule has 0 radical (unpaired) electrons. The third-order valence-electron chi connectivity index (χ3n) is 3.48. The van der Waals surface area contributed by atoms with Crippen molar-refractivity contribution >= 4 is 6.29 Å². The van der Waals surface area contributed by atoms with Crippen molar-refractivity contribution in [3.05, 3.63) is 59.7 Å². The van der Waals surface area contributed by atoms with Gasteiger partial charge < -0.3 is 10.4 Å². The van der Waals surface area contributed by atoms with Crippen LogP contribution in [-0.2, 0) is 6.42 Å². The number of carbonyl (C=O) groups is 1. The van der Waals surface area contributed by atoms with Gasteiger partial charge in [0.25, 0.3) is 0 Å². The van der Waals surface area contributed by atoms with Crippen LogP contribution in [0.2, 0.25) is 0 Å². The van der Waals surface area contributed by atoms with E-state index in [9.17, 15) is 18.7 Å². The summed E-state index contributed by atoms with van der Waals surface area (Å²) >= 11 is 0. The molecule has 1 aliphatic rings. The Morgan fingerprint density at radius 2 is 1.87 bits per heavy atom. The van der Waals surface area contributed by atoms with Gasteiger partial charge in [0.05, 0.1) is 6.10 Å². The first-order valence-electron chi connectivity index (χ1n) is 7.14. The summed E-state index contributed by atoms with van der Waals surface area (Å²) in [7, 11) is 0. The van der Waals surface area contributed by atoms with Crippen LogP contribution in [0.1, 0.15) is 15.9 Å². The lowest BCUT2D eigenvalue weighted by Gasteiger charge is -2.12. The van der Waals surface area contributed by atoms with Gasteiger partial charge >= 0.3 is 0 Å². The summed E-state index contributed by atoms with van der Waals surface area (Å²) < 4.78 is 24.8. The summed E-state index contributed by atoms with van der Waals surface area (Å²) in [5.41, 5.74) is 1.20. The Morgan fingerprint density at radius 3 is 2.39 bits per heavy atom. The Hall–Kier alpha value is -2.25. The molecular formula is C16H17F2N3O2. The number of pyridine rings is 2. The SMILES string of the molecule is O=Cc1ccnc(F)c1.OC1CNCC1Cc1ccnc(F)c1. The fourth-order valence-corrected chi connectivity index (χ4v) is 2.29. The lowest BCUT2D eigenvalue weighted by Crippen LogP contribution is -2.19. The number of nitrogens with zero attached hydrogens (tertiary/aromatic N) is 2. The number of rotatable bonds is 3. The maximum atomic E-state index is 12.7. The number of hydrogen-bond donors (Lipinski definition) is 2. The zero-order chi connectivity index (χ0) is 16.7. The molecule has 1 fully saturated rings. The molecule has 3 rings (SSSR count). The molecule has 1 aliphatic heterocycles. The molecule has 0 aromatic carbocycles. The molecule has 122 valence electrons. The molecule has 23 heavy (non-hydrogen) atoms. The van der Waals surface area contributed by atoms with Gasteiger partial charge in [-0.05, 0) is 30.2 Å². The first kappa shape index (κ1) is 17.1. The summed E-state index contributed by atoms with van der Waals surface area (Å²) in [6, 6.07) is 5.72. The predicted molar refractivity (Wildman–Crippen MR) is 79.8 cm³/mol. The minimum Gasteiger partial charge on any atom is -0.391 e. The van der Waals surface area contributed by atoms with Crippen LogP contribution in [-0.4, -0.2) is 40.6 Å². The van der Waals surface area contributed by atoms with E-state index in [1.165, 1.54) is 24.5 Å². The Kier molecular flexibility index (Phi) is 6.25. The van der Waals surface area contributed by atoms with Crippen LogP contribution in [0.3, 0.4) is 0 Å². The van der Waals surface area contributed by atoms with Gasteiger partial charge in [-0.1, -0.05) is 0 Å². The van der Waals surface area contributed by atoms with Crippen molar-refractivity contribution in [2.45, 2.75) is 12.5 Å². The fourth-order valence-electron chi connectivity index (χ4n) is 2.29. The number of aromatic nitrogens is 2. The number of nitrogens with one attached hydrogen (secondary N) is 1. The van der Waals surface area contributed by atoms with Gasteiger partial charge in [-0.3, -0.25) is 4.79 Å². The molecule has 7 heteroatoms. The van der Waals surface area contributed by atoms with E-state index < -0.39 is 11.9 Å². The van der Waals surface area contributed by atoms with Crippen molar-refractivity contribution in [3.8, 4) is 0 Å². The topological polar surface area (TPSA) is 75.1 Å². The van der Waals surface area contributed by atoms with Gasteiger partial charge in [-0.15, -0.1) is 0 Å².